The van der Waals surface area contributed by atoms with E-state index in [1.165, 1.54) is 0 Å². The topological polar surface area (TPSA) is 63.6 Å². The van der Waals surface area contributed by atoms with Gasteiger partial charge in [0.05, 0.1) is 14.1 Å². The number of hydrogen-bond acceptors (Lipinski definition) is 3. The number of hydrogen-bond donors (Lipinski definition) is 1. The zero-order chi connectivity index (χ0) is 11.4. The van der Waals surface area contributed by atoms with Gasteiger partial charge in [-0.3, -0.25) is 4.48 Å². The highest BCUT2D eigenvalue weighted by molar-refractivity contribution is 5.86. The van der Waals surface area contributed by atoms with Crippen molar-refractivity contribution in [2.45, 2.75) is 6.92 Å². The third-order valence-corrected chi connectivity index (χ3v) is 1.46. The van der Waals surface area contributed by atoms with Gasteiger partial charge in [0, 0.05) is 5.57 Å². The molecule has 0 saturated heterocycles. The highest BCUT2D eigenvalue weighted by Gasteiger charge is 2.21. The largest absolute Gasteiger partial charge is 0.477 e. The highest BCUT2D eigenvalue weighted by atomic mass is 16.5. The van der Waals surface area contributed by atoms with E-state index in [2.05, 4.69) is 6.58 Å². The van der Waals surface area contributed by atoms with Crippen molar-refractivity contribution < 1.29 is 23.9 Å². The van der Waals surface area contributed by atoms with Crippen molar-refractivity contribution in [3.05, 3.63) is 12.2 Å². The Bertz CT molecular complexity index is 258. The molecule has 1 N–H and O–H groups in total. The molecule has 14 heavy (non-hydrogen) atoms. The molecule has 0 saturated carbocycles. The van der Waals surface area contributed by atoms with E-state index < -0.39 is 11.9 Å². The number of nitrogens with zero attached hydrogens (tertiary/aromatic N) is 1. The smallest absolute Gasteiger partial charge is 0.359 e. The van der Waals surface area contributed by atoms with Crippen LogP contribution in [0.2, 0.25) is 0 Å². The van der Waals surface area contributed by atoms with Crippen LogP contribution in [0.3, 0.4) is 0 Å². The number of carboxylic acids is 1. The summed E-state index contributed by atoms with van der Waals surface area (Å²) in [7, 11) is 3.33. The molecule has 0 aromatic carbocycles. The Morgan fingerprint density at radius 1 is 1.43 bits per heavy atom. The van der Waals surface area contributed by atoms with E-state index in [4.69, 9.17) is 9.84 Å². The third-order valence-electron chi connectivity index (χ3n) is 1.46. The molecule has 0 heterocycles. The number of ether oxygens (including phenoxy) is 1. The lowest BCUT2D eigenvalue weighted by molar-refractivity contribution is -0.900. The van der Waals surface area contributed by atoms with E-state index in [0.717, 1.165) is 0 Å². The molecule has 0 spiro atoms. The van der Waals surface area contributed by atoms with Crippen LogP contribution in [0.5, 0.6) is 0 Å². The molecular formula is C9H16NO4+. The van der Waals surface area contributed by atoms with Crippen molar-refractivity contribution >= 4 is 11.9 Å². The lowest BCUT2D eigenvalue weighted by atomic mass is 10.4. The van der Waals surface area contributed by atoms with Gasteiger partial charge in [-0.2, -0.15) is 0 Å². The van der Waals surface area contributed by atoms with Gasteiger partial charge in [-0.1, -0.05) is 6.58 Å². The standard InChI is InChI=1S/C9H15NO4/c1-7(2)9(13)14-6-10(3,4)5-8(11)12/h1,5-6H2,2-4H3/p+1. The first-order chi connectivity index (χ1) is 6.24. The van der Waals surface area contributed by atoms with E-state index in [9.17, 15) is 9.59 Å². The van der Waals surface area contributed by atoms with Gasteiger partial charge < -0.3 is 9.84 Å². The molecule has 0 bridgehead atoms. The van der Waals surface area contributed by atoms with E-state index in [1.54, 1.807) is 21.0 Å². The summed E-state index contributed by atoms with van der Waals surface area (Å²) in [5.74, 6) is -1.43. The highest BCUT2D eigenvalue weighted by Crippen LogP contribution is 2.00. The van der Waals surface area contributed by atoms with Gasteiger partial charge >= 0.3 is 11.9 Å². The van der Waals surface area contributed by atoms with Crippen LogP contribution in [0, 0.1) is 0 Å². The molecule has 0 aliphatic heterocycles. The second kappa shape index (κ2) is 4.76. The number of likely N-dealkylation sites (N-methyl/N-ethyl adjacent to an activating group) is 1. The van der Waals surface area contributed by atoms with E-state index in [-0.39, 0.29) is 17.8 Å². The zero-order valence-corrected chi connectivity index (χ0v) is 8.74. The Morgan fingerprint density at radius 2 is 1.93 bits per heavy atom. The maximum absolute atomic E-state index is 11.0. The minimum absolute atomic E-state index is 0.0258. The van der Waals surface area contributed by atoms with Gasteiger partial charge in [0.2, 0.25) is 6.73 Å². The van der Waals surface area contributed by atoms with Crippen molar-refractivity contribution in [2.75, 3.05) is 27.4 Å². The van der Waals surface area contributed by atoms with Crippen molar-refractivity contribution in [1.82, 2.24) is 0 Å². The first-order valence-electron chi connectivity index (χ1n) is 4.11. The van der Waals surface area contributed by atoms with Crippen LogP contribution >= 0.6 is 0 Å². The number of carboxylic acid groups (broad SMARTS) is 1. The predicted molar refractivity (Wildman–Crippen MR) is 50.4 cm³/mol. The lowest BCUT2D eigenvalue weighted by Gasteiger charge is -2.26. The minimum atomic E-state index is -0.929. The summed E-state index contributed by atoms with van der Waals surface area (Å²) in [6.45, 7) is 4.89. The fourth-order valence-corrected chi connectivity index (χ4v) is 0.768. The monoisotopic (exact) mass is 202 g/mol. The molecule has 0 aliphatic rings. The van der Waals surface area contributed by atoms with Crippen LogP contribution in [0.25, 0.3) is 0 Å². The van der Waals surface area contributed by atoms with Crippen LogP contribution in [-0.2, 0) is 14.3 Å². The molecule has 0 aromatic heterocycles. The number of aliphatic carboxylic acids is 1. The van der Waals surface area contributed by atoms with Gasteiger partial charge in [0.25, 0.3) is 0 Å². The third kappa shape index (κ3) is 5.31. The Balaban J connectivity index is 4.05. The number of quaternary nitrogens is 1. The Hall–Kier alpha value is -1.36. The van der Waals surface area contributed by atoms with Gasteiger partial charge in [0.1, 0.15) is 0 Å². The second-order valence-corrected chi connectivity index (χ2v) is 3.83. The molecule has 0 fully saturated rings. The summed E-state index contributed by atoms with van der Waals surface area (Å²) < 4.78 is 4.93. The van der Waals surface area contributed by atoms with E-state index in [1.807, 2.05) is 0 Å². The SMILES string of the molecule is C=C(C)C(=O)OC[N+](C)(C)CC(=O)O. The fourth-order valence-electron chi connectivity index (χ4n) is 0.768. The first-order valence-corrected chi connectivity index (χ1v) is 4.11. The average molecular weight is 202 g/mol. The zero-order valence-electron chi connectivity index (χ0n) is 8.74. The summed E-state index contributed by atoms with van der Waals surface area (Å²) >= 11 is 0. The summed E-state index contributed by atoms with van der Waals surface area (Å²) in [5.41, 5.74) is 0.306. The molecule has 0 rings (SSSR count). The number of carbonyl (C=O) groups is 2. The van der Waals surface area contributed by atoms with Crippen LogP contribution in [0.4, 0.5) is 0 Å². The lowest BCUT2D eigenvalue weighted by Crippen LogP contribution is -2.46. The molecule has 5 nitrogen and oxygen atoms in total. The van der Waals surface area contributed by atoms with Crippen molar-refractivity contribution in [3.8, 4) is 0 Å². The molecule has 0 amide bonds. The Kier molecular flexibility index (Phi) is 4.30. The molecule has 5 heteroatoms. The van der Waals surface area contributed by atoms with Crippen molar-refractivity contribution in [3.63, 3.8) is 0 Å². The minimum Gasteiger partial charge on any atom is -0.477 e. The summed E-state index contributed by atoms with van der Waals surface area (Å²) in [4.78, 5) is 21.4. The van der Waals surface area contributed by atoms with Gasteiger partial charge in [0.15, 0.2) is 6.54 Å². The average Bonchev–Trinajstić information content (AvgIpc) is 1.97. The number of esters is 1. The van der Waals surface area contributed by atoms with Gasteiger partial charge in [-0.05, 0) is 6.92 Å². The first kappa shape index (κ1) is 12.6. The summed E-state index contributed by atoms with van der Waals surface area (Å²) in [5, 5.41) is 8.55. The van der Waals surface area contributed by atoms with Crippen LogP contribution in [0.1, 0.15) is 6.92 Å². The summed E-state index contributed by atoms with van der Waals surface area (Å²) in [6.07, 6.45) is 0. The quantitative estimate of drug-likeness (QED) is 0.300. The van der Waals surface area contributed by atoms with Crippen molar-refractivity contribution in [2.24, 2.45) is 0 Å². The fraction of sp³-hybridized carbons (Fsp3) is 0.556. The van der Waals surface area contributed by atoms with Crippen LogP contribution < -0.4 is 0 Å². The predicted octanol–water partition coefficient (Wildman–Crippen LogP) is 0.224. The van der Waals surface area contributed by atoms with E-state index in [0.29, 0.717) is 5.57 Å². The molecule has 0 atom stereocenters. The van der Waals surface area contributed by atoms with Gasteiger partial charge in [-0.15, -0.1) is 0 Å². The molecule has 0 aromatic rings. The maximum Gasteiger partial charge on any atom is 0.359 e. The molecule has 0 radical (unpaired) electrons. The maximum atomic E-state index is 11.0. The van der Waals surface area contributed by atoms with Gasteiger partial charge in [-0.25, -0.2) is 9.59 Å². The normalized spacial score (nSPS) is 10.8. The molecular weight excluding hydrogens is 186 g/mol. The molecule has 80 valence electrons. The number of rotatable bonds is 5. The Morgan fingerprint density at radius 3 is 2.29 bits per heavy atom. The number of carbonyl (C=O) groups excluding carboxylic acids is 1. The van der Waals surface area contributed by atoms with Crippen molar-refractivity contribution in [1.29, 1.82) is 0 Å². The summed E-state index contributed by atoms with van der Waals surface area (Å²) in [6, 6.07) is 0. The second-order valence-electron chi connectivity index (χ2n) is 3.83. The van der Waals surface area contributed by atoms with Crippen LogP contribution in [-0.4, -0.2) is 48.9 Å². The molecule has 0 unspecified atom stereocenters. The molecule has 0 aliphatic carbocycles. The van der Waals surface area contributed by atoms with Crippen LogP contribution in [0.15, 0.2) is 12.2 Å². The van der Waals surface area contributed by atoms with E-state index >= 15 is 0 Å². The Labute approximate surface area is 83.2 Å².